The van der Waals surface area contributed by atoms with Gasteiger partial charge in [0, 0.05) is 12.1 Å². The maximum atomic E-state index is 12.3. The van der Waals surface area contributed by atoms with E-state index in [4.69, 9.17) is 5.73 Å². The predicted molar refractivity (Wildman–Crippen MR) is 78.4 cm³/mol. The van der Waals surface area contributed by atoms with E-state index in [0.717, 1.165) is 24.0 Å². The molecule has 0 fully saturated rings. The minimum absolute atomic E-state index is 0.298. The fourth-order valence-corrected chi connectivity index (χ4v) is 3.69. The van der Waals surface area contributed by atoms with Crippen molar-refractivity contribution in [2.24, 2.45) is 5.73 Å². The Balaban J connectivity index is 3.04. The van der Waals surface area contributed by atoms with E-state index < -0.39 is 15.6 Å². The van der Waals surface area contributed by atoms with Crippen molar-refractivity contribution in [3.63, 3.8) is 0 Å². The quantitative estimate of drug-likeness (QED) is 0.842. The number of aryl methyl sites for hydroxylation is 1. The molecule has 108 valence electrons. The third-order valence-corrected chi connectivity index (χ3v) is 4.83. The minimum atomic E-state index is -3.48. The molecule has 0 saturated heterocycles. The third-order valence-electron chi connectivity index (χ3n) is 3.13. The molecule has 0 aliphatic rings. The van der Waals surface area contributed by atoms with Crippen LogP contribution < -0.4 is 10.5 Å². The van der Waals surface area contributed by atoms with E-state index in [1.165, 1.54) is 0 Å². The SMILES string of the molecule is CCCC(C)(C)NS(=O)(=O)c1ccc(CN)c(C)c1. The highest BCUT2D eigenvalue weighted by Crippen LogP contribution is 2.19. The van der Waals surface area contributed by atoms with Crippen LogP contribution in [0.1, 0.15) is 44.7 Å². The Morgan fingerprint density at radius 3 is 2.42 bits per heavy atom. The molecule has 0 radical (unpaired) electrons. The number of hydrogen-bond acceptors (Lipinski definition) is 3. The van der Waals surface area contributed by atoms with Crippen molar-refractivity contribution in [3.05, 3.63) is 29.3 Å². The Hall–Kier alpha value is -0.910. The van der Waals surface area contributed by atoms with Gasteiger partial charge in [-0.2, -0.15) is 0 Å². The van der Waals surface area contributed by atoms with Crippen LogP contribution in [0.3, 0.4) is 0 Å². The third kappa shape index (κ3) is 4.30. The monoisotopic (exact) mass is 284 g/mol. The zero-order valence-corrected chi connectivity index (χ0v) is 13.0. The topological polar surface area (TPSA) is 72.2 Å². The first kappa shape index (κ1) is 16.1. The van der Waals surface area contributed by atoms with Gasteiger partial charge in [0.25, 0.3) is 0 Å². The van der Waals surface area contributed by atoms with E-state index in [1.54, 1.807) is 18.2 Å². The summed E-state index contributed by atoms with van der Waals surface area (Å²) in [6, 6.07) is 5.06. The molecule has 1 aromatic rings. The zero-order chi connectivity index (χ0) is 14.7. The highest BCUT2D eigenvalue weighted by molar-refractivity contribution is 7.89. The maximum absolute atomic E-state index is 12.3. The second kappa shape index (κ2) is 6.03. The predicted octanol–water partition coefficient (Wildman–Crippen LogP) is 2.31. The van der Waals surface area contributed by atoms with Gasteiger partial charge in [0.1, 0.15) is 0 Å². The van der Waals surface area contributed by atoms with Crippen LogP contribution in [0, 0.1) is 6.92 Å². The summed E-state index contributed by atoms with van der Waals surface area (Å²) < 4.78 is 27.4. The molecule has 1 aromatic carbocycles. The Morgan fingerprint density at radius 1 is 1.32 bits per heavy atom. The highest BCUT2D eigenvalue weighted by Gasteiger charge is 2.25. The smallest absolute Gasteiger partial charge is 0.241 e. The van der Waals surface area contributed by atoms with E-state index in [0.29, 0.717) is 11.4 Å². The Labute approximate surface area is 116 Å². The molecule has 4 nitrogen and oxygen atoms in total. The fourth-order valence-electron chi connectivity index (χ4n) is 2.16. The van der Waals surface area contributed by atoms with Crippen LogP contribution in [0.2, 0.25) is 0 Å². The standard InChI is InChI=1S/C14H24N2O2S/c1-5-8-14(3,4)16-19(17,18)13-7-6-12(10-15)11(2)9-13/h6-7,9,16H,5,8,10,15H2,1-4H3. The zero-order valence-electron chi connectivity index (χ0n) is 12.2. The lowest BCUT2D eigenvalue weighted by Gasteiger charge is -2.25. The molecule has 5 heteroatoms. The van der Waals surface area contributed by atoms with E-state index in [9.17, 15) is 8.42 Å². The first-order valence-corrected chi connectivity index (χ1v) is 8.04. The molecule has 0 aliphatic heterocycles. The average Bonchev–Trinajstić information content (AvgIpc) is 2.27. The number of hydrogen-bond donors (Lipinski definition) is 2. The maximum Gasteiger partial charge on any atom is 0.241 e. The number of benzene rings is 1. The molecule has 19 heavy (non-hydrogen) atoms. The second-order valence-electron chi connectivity index (χ2n) is 5.53. The largest absolute Gasteiger partial charge is 0.326 e. The average molecular weight is 284 g/mol. The second-order valence-corrected chi connectivity index (χ2v) is 7.21. The van der Waals surface area contributed by atoms with Crippen LogP contribution in [-0.4, -0.2) is 14.0 Å². The van der Waals surface area contributed by atoms with Crippen molar-refractivity contribution in [3.8, 4) is 0 Å². The van der Waals surface area contributed by atoms with Gasteiger partial charge in [0.2, 0.25) is 10.0 Å². The van der Waals surface area contributed by atoms with E-state index >= 15 is 0 Å². The number of nitrogens with two attached hydrogens (primary N) is 1. The summed E-state index contributed by atoms with van der Waals surface area (Å²) in [5, 5.41) is 0. The summed E-state index contributed by atoms with van der Waals surface area (Å²) in [6.07, 6.45) is 1.73. The van der Waals surface area contributed by atoms with Gasteiger partial charge >= 0.3 is 0 Å². The van der Waals surface area contributed by atoms with Gasteiger partial charge in [0.05, 0.1) is 4.90 Å². The first-order chi connectivity index (χ1) is 8.72. The van der Waals surface area contributed by atoms with Gasteiger partial charge in [0.15, 0.2) is 0 Å². The summed E-state index contributed by atoms with van der Waals surface area (Å²) in [6.45, 7) is 8.12. The van der Waals surface area contributed by atoms with Crippen molar-refractivity contribution >= 4 is 10.0 Å². The molecule has 0 amide bonds. The lowest BCUT2D eigenvalue weighted by molar-refractivity contribution is 0.417. The lowest BCUT2D eigenvalue weighted by atomic mass is 10.0. The lowest BCUT2D eigenvalue weighted by Crippen LogP contribution is -2.43. The van der Waals surface area contributed by atoms with Crippen molar-refractivity contribution in [1.29, 1.82) is 0 Å². The first-order valence-electron chi connectivity index (χ1n) is 6.55. The van der Waals surface area contributed by atoms with E-state index in [2.05, 4.69) is 4.72 Å². The summed E-state index contributed by atoms with van der Waals surface area (Å²) >= 11 is 0. The van der Waals surface area contributed by atoms with Crippen LogP contribution in [0.15, 0.2) is 23.1 Å². The van der Waals surface area contributed by atoms with Crippen LogP contribution in [0.4, 0.5) is 0 Å². The molecule has 0 aromatic heterocycles. The van der Waals surface area contributed by atoms with Crippen LogP contribution in [0.25, 0.3) is 0 Å². The summed E-state index contributed by atoms with van der Waals surface area (Å²) in [7, 11) is -3.48. The van der Waals surface area contributed by atoms with Gasteiger partial charge in [-0.25, -0.2) is 13.1 Å². The Kier molecular flexibility index (Phi) is 5.12. The van der Waals surface area contributed by atoms with Gasteiger partial charge in [-0.3, -0.25) is 0 Å². The van der Waals surface area contributed by atoms with Gasteiger partial charge in [-0.15, -0.1) is 0 Å². The molecular formula is C14H24N2O2S. The van der Waals surface area contributed by atoms with Crippen LogP contribution in [0.5, 0.6) is 0 Å². The molecule has 0 aliphatic carbocycles. The molecule has 3 N–H and O–H groups in total. The van der Waals surface area contributed by atoms with Gasteiger partial charge in [-0.05, 0) is 50.5 Å². The molecular weight excluding hydrogens is 260 g/mol. The number of nitrogens with one attached hydrogen (secondary N) is 1. The van der Waals surface area contributed by atoms with E-state index in [1.807, 2.05) is 27.7 Å². The van der Waals surface area contributed by atoms with Crippen molar-refractivity contribution in [1.82, 2.24) is 4.72 Å². The van der Waals surface area contributed by atoms with Gasteiger partial charge < -0.3 is 5.73 Å². The fraction of sp³-hybridized carbons (Fsp3) is 0.571. The summed E-state index contributed by atoms with van der Waals surface area (Å²) in [5.74, 6) is 0. The number of sulfonamides is 1. The Morgan fingerprint density at radius 2 is 1.95 bits per heavy atom. The molecule has 0 bridgehead atoms. The summed E-state index contributed by atoms with van der Waals surface area (Å²) in [5.41, 5.74) is 7.02. The van der Waals surface area contributed by atoms with Gasteiger partial charge in [-0.1, -0.05) is 19.4 Å². The Bertz CT molecular complexity index is 536. The molecule has 1 rings (SSSR count). The molecule has 0 unspecified atom stereocenters. The van der Waals surface area contributed by atoms with E-state index in [-0.39, 0.29) is 0 Å². The molecule has 0 saturated carbocycles. The van der Waals surface area contributed by atoms with Crippen molar-refractivity contribution in [2.45, 2.75) is 57.5 Å². The van der Waals surface area contributed by atoms with Crippen molar-refractivity contribution in [2.75, 3.05) is 0 Å². The molecule has 0 atom stereocenters. The molecule has 0 spiro atoms. The van der Waals surface area contributed by atoms with Crippen LogP contribution >= 0.6 is 0 Å². The van der Waals surface area contributed by atoms with Crippen molar-refractivity contribution < 1.29 is 8.42 Å². The number of rotatable bonds is 6. The minimum Gasteiger partial charge on any atom is -0.326 e. The molecule has 0 heterocycles. The van der Waals surface area contributed by atoms with Crippen LogP contribution in [-0.2, 0) is 16.6 Å². The normalized spacial score (nSPS) is 12.7. The highest BCUT2D eigenvalue weighted by atomic mass is 32.2. The summed E-state index contributed by atoms with van der Waals surface area (Å²) in [4.78, 5) is 0.298.